The summed E-state index contributed by atoms with van der Waals surface area (Å²) in [6.07, 6.45) is 3.40. The molecule has 0 spiro atoms. The molecule has 1 aliphatic heterocycles. The van der Waals surface area contributed by atoms with Gasteiger partial charge in [-0.15, -0.1) is 0 Å². The number of aromatic nitrogens is 1. The summed E-state index contributed by atoms with van der Waals surface area (Å²) in [5.74, 6) is 1.87. The zero-order valence-electron chi connectivity index (χ0n) is 14.4. The second-order valence-corrected chi connectivity index (χ2v) is 6.66. The zero-order chi connectivity index (χ0) is 16.9. The SMILES string of the molecule is Cc1cc(NC(=O)C(C)N2CCC(Cc3ccccc3)CC2)no1. The maximum absolute atomic E-state index is 12.4. The Morgan fingerprint density at radius 3 is 2.67 bits per heavy atom. The van der Waals surface area contributed by atoms with E-state index in [1.54, 1.807) is 6.07 Å². The van der Waals surface area contributed by atoms with Crippen LogP contribution in [0.15, 0.2) is 40.9 Å². The predicted octanol–water partition coefficient (Wildman–Crippen LogP) is 3.26. The van der Waals surface area contributed by atoms with E-state index >= 15 is 0 Å². The Bertz CT molecular complexity index is 660. The molecule has 1 N–H and O–H groups in total. The van der Waals surface area contributed by atoms with Crippen molar-refractivity contribution in [2.75, 3.05) is 18.4 Å². The van der Waals surface area contributed by atoms with E-state index in [9.17, 15) is 4.79 Å². The number of hydrogen-bond acceptors (Lipinski definition) is 4. The summed E-state index contributed by atoms with van der Waals surface area (Å²) >= 11 is 0. The van der Waals surface area contributed by atoms with Crippen LogP contribution in [0.1, 0.15) is 31.1 Å². The fourth-order valence-electron chi connectivity index (χ4n) is 3.31. The van der Waals surface area contributed by atoms with Gasteiger partial charge in [-0.25, -0.2) is 0 Å². The highest BCUT2D eigenvalue weighted by molar-refractivity contribution is 5.93. The van der Waals surface area contributed by atoms with Crippen LogP contribution in [0, 0.1) is 12.8 Å². The lowest BCUT2D eigenvalue weighted by Crippen LogP contribution is -2.46. The first-order chi connectivity index (χ1) is 11.6. The molecule has 0 aliphatic carbocycles. The molecule has 1 amide bonds. The highest BCUT2D eigenvalue weighted by Crippen LogP contribution is 2.23. The lowest BCUT2D eigenvalue weighted by molar-refractivity contribution is -0.121. The fraction of sp³-hybridized carbons (Fsp3) is 0.474. The molecule has 5 heteroatoms. The maximum atomic E-state index is 12.4. The van der Waals surface area contributed by atoms with Gasteiger partial charge in [0.25, 0.3) is 0 Å². The van der Waals surface area contributed by atoms with Crippen molar-refractivity contribution in [3.63, 3.8) is 0 Å². The zero-order valence-corrected chi connectivity index (χ0v) is 14.4. The summed E-state index contributed by atoms with van der Waals surface area (Å²) in [4.78, 5) is 14.6. The van der Waals surface area contributed by atoms with E-state index in [4.69, 9.17) is 4.52 Å². The minimum atomic E-state index is -0.153. The van der Waals surface area contributed by atoms with Crippen LogP contribution in [0.3, 0.4) is 0 Å². The van der Waals surface area contributed by atoms with Crippen LogP contribution in [0.4, 0.5) is 5.82 Å². The molecule has 5 nitrogen and oxygen atoms in total. The summed E-state index contributed by atoms with van der Waals surface area (Å²) in [5, 5.41) is 6.64. The first-order valence-corrected chi connectivity index (χ1v) is 8.64. The Balaban J connectivity index is 1.47. The van der Waals surface area contributed by atoms with Crippen molar-refractivity contribution in [1.82, 2.24) is 10.1 Å². The number of benzene rings is 1. The minimum Gasteiger partial charge on any atom is -0.360 e. The van der Waals surface area contributed by atoms with Gasteiger partial charge in [0.2, 0.25) is 5.91 Å². The smallest absolute Gasteiger partial charge is 0.242 e. The number of anilines is 1. The molecule has 0 radical (unpaired) electrons. The third-order valence-electron chi connectivity index (χ3n) is 4.82. The monoisotopic (exact) mass is 327 g/mol. The van der Waals surface area contributed by atoms with Crippen molar-refractivity contribution in [2.45, 2.75) is 39.2 Å². The van der Waals surface area contributed by atoms with Gasteiger partial charge in [-0.05, 0) is 57.7 Å². The molecule has 1 atom stereocenters. The molecule has 128 valence electrons. The van der Waals surface area contributed by atoms with Gasteiger partial charge in [0.1, 0.15) is 5.76 Å². The third-order valence-corrected chi connectivity index (χ3v) is 4.82. The number of nitrogens with zero attached hydrogens (tertiary/aromatic N) is 2. The number of carbonyl (C=O) groups is 1. The first-order valence-electron chi connectivity index (χ1n) is 8.64. The first kappa shape index (κ1) is 16.7. The van der Waals surface area contributed by atoms with Gasteiger partial charge < -0.3 is 9.84 Å². The van der Waals surface area contributed by atoms with Crippen LogP contribution >= 0.6 is 0 Å². The predicted molar refractivity (Wildman–Crippen MR) is 93.8 cm³/mol. The quantitative estimate of drug-likeness (QED) is 0.916. The molecule has 1 fully saturated rings. The Morgan fingerprint density at radius 1 is 1.33 bits per heavy atom. The van der Waals surface area contributed by atoms with E-state index in [0.29, 0.717) is 17.5 Å². The topological polar surface area (TPSA) is 58.4 Å². The fourth-order valence-corrected chi connectivity index (χ4v) is 3.31. The number of likely N-dealkylation sites (tertiary alicyclic amines) is 1. The largest absolute Gasteiger partial charge is 0.360 e. The number of rotatable bonds is 5. The third kappa shape index (κ3) is 4.23. The van der Waals surface area contributed by atoms with Gasteiger partial charge in [0.15, 0.2) is 5.82 Å². The summed E-state index contributed by atoms with van der Waals surface area (Å²) in [6.45, 7) is 5.69. The number of piperidine rings is 1. The van der Waals surface area contributed by atoms with Crippen LogP contribution in [0.5, 0.6) is 0 Å². The van der Waals surface area contributed by atoms with E-state index in [0.717, 1.165) is 32.4 Å². The van der Waals surface area contributed by atoms with E-state index in [1.165, 1.54) is 5.56 Å². The van der Waals surface area contributed by atoms with Gasteiger partial charge in [-0.1, -0.05) is 35.5 Å². The lowest BCUT2D eigenvalue weighted by atomic mass is 9.89. The molecule has 1 aromatic carbocycles. The standard InChI is InChI=1S/C19H25N3O2/c1-14-12-18(21-24-14)20-19(23)15(2)22-10-8-17(9-11-22)13-16-6-4-3-5-7-16/h3-7,12,15,17H,8-11,13H2,1-2H3,(H,20,21,23). The van der Waals surface area contributed by atoms with Gasteiger partial charge in [-0.3, -0.25) is 9.69 Å². The average molecular weight is 327 g/mol. The van der Waals surface area contributed by atoms with Gasteiger partial charge in [0.05, 0.1) is 6.04 Å². The summed E-state index contributed by atoms with van der Waals surface area (Å²) in [6, 6.07) is 12.2. The second-order valence-electron chi connectivity index (χ2n) is 6.66. The number of nitrogens with one attached hydrogen (secondary N) is 1. The molecule has 1 aliphatic rings. The van der Waals surface area contributed by atoms with Gasteiger partial charge >= 0.3 is 0 Å². The number of amides is 1. The number of hydrogen-bond donors (Lipinski definition) is 1. The van der Waals surface area contributed by atoms with E-state index < -0.39 is 0 Å². The molecule has 3 rings (SSSR count). The van der Waals surface area contributed by atoms with Crippen molar-refractivity contribution in [3.8, 4) is 0 Å². The Hall–Kier alpha value is -2.14. The highest BCUT2D eigenvalue weighted by Gasteiger charge is 2.27. The van der Waals surface area contributed by atoms with E-state index in [2.05, 4.69) is 45.7 Å². The lowest BCUT2D eigenvalue weighted by Gasteiger charge is -2.35. The normalized spacial score (nSPS) is 17.6. The van der Waals surface area contributed by atoms with Crippen molar-refractivity contribution in [2.24, 2.45) is 5.92 Å². The molecule has 1 unspecified atom stereocenters. The summed E-state index contributed by atoms with van der Waals surface area (Å²) < 4.78 is 4.98. The summed E-state index contributed by atoms with van der Waals surface area (Å²) in [7, 11) is 0. The van der Waals surface area contributed by atoms with Crippen LogP contribution in [0.2, 0.25) is 0 Å². The van der Waals surface area contributed by atoms with Crippen LogP contribution in [-0.4, -0.2) is 35.1 Å². The van der Waals surface area contributed by atoms with Crippen molar-refractivity contribution in [3.05, 3.63) is 47.7 Å². The average Bonchev–Trinajstić information content (AvgIpc) is 3.00. The van der Waals surface area contributed by atoms with Crippen molar-refractivity contribution < 1.29 is 9.32 Å². The van der Waals surface area contributed by atoms with Crippen LogP contribution < -0.4 is 5.32 Å². The Labute approximate surface area is 143 Å². The molecule has 0 saturated carbocycles. The molecule has 1 aromatic heterocycles. The maximum Gasteiger partial charge on any atom is 0.242 e. The van der Waals surface area contributed by atoms with Gasteiger partial charge in [-0.2, -0.15) is 0 Å². The number of carbonyl (C=O) groups excluding carboxylic acids is 1. The number of aryl methyl sites for hydroxylation is 1. The Morgan fingerprint density at radius 2 is 2.04 bits per heavy atom. The van der Waals surface area contributed by atoms with Crippen molar-refractivity contribution >= 4 is 11.7 Å². The summed E-state index contributed by atoms with van der Waals surface area (Å²) in [5.41, 5.74) is 1.41. The van der Waals surface area contributed by atoms with E-state index in [-0.39, 0.29) is 11.9 Å². The molecular weight excluding hydrogens is 302 g/mol. The van der Waals surface area contributed by atoms with Crippen molar-refractivity contribution in [1.29, 1.82) is 0 Å². The molecule has 24 heavy (non-hydrogen) atoms. The molecule has 0 bridgehead atoms. The molecule has 2 aromatic rings. The van der Waals surface area contributed by atoms with Crippen LogP contribution in [0.25, 0.3) is 0 Å². The van der Waals surface area contributed by atoms with E-state index in [1.807, 2.05) is 13.8 Å². The molecule has 2 heterocycles. The highest BCUT2D eigenvalue weighted by atomic mass is 16.5. The minimum absolute atomic E-state index is 0.0233. The molecular formula is C19H25N3O2. The second kappa shape index (κ2) is 7.62. The molecule has 1 saturated heterocycles. The Kier molecular flexibility index (Phi) is 5.30. The van der Waals surface area contributed by atoms with Gasteiger partial charge in [0, 0.05) is 6.07 Å². The van der Waals surface area contributed by atoms with Crippen LogP contribution in [-0.2, 0) is 11.2 Å².